The zero-order chi connectivity index (χ0) is 34.2. The first kappa shape index (κ1) is 29.1. The summed E-state index contributed by atoms with van der Waals surface area (Å²) in [6, 6.07) is 67.0. The molecule has 10 aromatic rings. The highest BCUT2D eigenvalue weighted by Gasteiger charge is 2.20. The lowest BCUT2D eigenvalue weighted by atomic mass is 9.82. The van der Waals surface area contributed by atoms with Gasteiger partial charge in [0.25, 0.3) is 0 Å². The number of nitrogens with zero attached hydrogens (tertiary/aromatic N) is 2. The largest absolute Gasteiger partial charge is 0.309 e. The lowest BCUT2D eigenvalue weighted by Crippen LogP contribution is -2.05. The molecule has 2 nitrogen and oxygen atoms in total. The van der Waals surface area contributed by atoms with Gasteiger partial charge in [0.1, 0.15) is 0 Å². The van der Waals surface area contributed by atoms with Crippen LogP contribution in [-0.4, -0.2) is 9.13 Å². The van der Waals surface area contributed by atoms with Crippen molar-refractivity contribution in [3.05, 3.63) is 193 Å². The third-order valence-electron chi connectivity index (χ3n) is 11.3. The maximum absolute atomic E-state index is 2.42. The standard InChI is InChI=1S/C50H34N2/c1-2-12-37(13-3-1)51-47-19-8-6-15-43(47)45-31-35(24-29-49(45)51)36-25-30-50-46(32-36)44-16-7-9-20-48(44)52(50)38-26-21-34(22-27-38)40-17-10-18-41-39-14-5-4-11-33(39)23-28-42(40)41/h1-22,24-27,29-32H,23,28H2. The van der Waals surface area contributed by atoms with Crippen molar-refractivity contribution in [2.75, 3.05) is 0 Å². The summed E-state index contributed by atoms with van der Waals surface area (Å²) < 4.78 is 4.80. The molecule has 2 aromatic heterocycles. The highest BCUT2D eigenvalue weighted by molar-refractivity contribution is 6.12. The average molecular weight is 663 g/mol. The number of hydrogen-bond acceptors (Lipinski definition) is 0. The first-order chi connectivity index (χ1) is 25.8. The van der Waals surface area contributed by atoms with E-state index >= 15 is 0 Å². The number of hydrogen-bond donors (Lipinski definition) is 0. The molecular formula is C50H34N2. The van der Waals surface area contributed by atoms with Crippen LogP contribution >= 0.6 is 0 Å². The SMILES string of the molecule is c1ccc(-n2c3ccccc3c3cc(-c4ccc5c(c4)c4ccccc4n5-c4ccc(-c5cccc6c5CCc5ccccc5-6)cc4)ccc32)cc1. The van der Waals surface area contributed by atoms with Gasteiger partial charge in [-0.15, -0.1) is 0 Å². The minimum Gasteiger partial charge on any atom is -0.309 e. The summed E-state index contributed by atoms with van der Waals surface area (Å²) in [7, 11) is 0. The molecule has 11 rings (SSSR count). The van der Waals surface area contributed by atoms with Crippen molar-refractivity contribution < 1.29 is 0 Å². The van der Waals surface area contributed by atoms with Gasteiger partial charge in [0, 0.05) is 32.9 Å². The fraction of sp³-hybridized carbons (Fsp3) is 0.0400. The van der Waals surface area contributed by atoms with E-state index < -0.39 is 0 Å². The Kier molecular flexibility index (Phi) is 6.41. The first-order valence-electron chi connectivity index (χ1n) is 18.2. The molecule has 1 aliphatic rings. The van der Waals surface area contributed by atoms with Crippen LogP contribution in [0.1, 0.15) is 11.1 Å². The van der Waals surface area contributed by atoms with Crippen LogP contribution in [0, 0.1) is 0 Å². The maximum Gasteiger partial charge on any atom is 0.0541 e. The van der Waals surface area contributed by atoms with Crippen LogP contribution in [-0.2, 0) is 12.8 Å². The number of fused-ring (bicyclic) bond motifs is 9. The Morgan fingerprint density at radius 1 is 0.308 bits per heavy atom. The molecule has 2 heterocycles. The summed E-state index contributed by atoms with van der Waals surface area (Å²) in [4.78, 5) is 0. The van der Waals surface area contributed by atoms with Gasteiger partial charge in [0.2, 0.25) is 0 Å². The lowest BCUT2D eigenvalue weighted by molar-refractivity contribution is 0.944. The summed E-state index contributed by atoms with van der Waals surface area (Å²) in [5.74, 6) is 0. The number of para-hydroxylation sites is 3. The molecule has 2 heteroatoms. The van der Waals surface area contributed by atoms with Gasteiger partial charge in [0.05, 0.1) is 22.1 Å². The van der Waals surface area contributed by atoms with E-state index in [2.05, 4.69) is 191 Å². The fourth-order valence-electron chi connectivity index (χ4n) is 8.87. The second-order valence-electron chi connectivity index (χ2n) is 14.0. The molecule has 244 valence electrons. The van der Waals surface area contributed by atoms with E-state index in [4.69, 9.17) is 0 Å². The monoisotopic (exact) mass is 662 g/mol. The highest BCUT2D eigenvalue weighted by atomic mass is 15.0. The number of benzene rings is 8. The Hall–Kier alpha value is -6.64. The summed E-state index contributed by atoms with van der Waals surface area (Å²) >= 11 is 0. The van der Waals surface area contributed by atoms with Crippen LogP contribution in [0.3, 0.4) is 0 Å². The maximum atomic E-state index is 2.42. The van der Waals surface area contributed by atoms with Crippen LogP contribution in [0.4, 0.5) is 0 Å². The van der Waals surface area contributed by atoms with Crippen molar-refractivity contribution in [1.82, 2.24) is 9.13 Å². The summed E-state index contributed by atoms with van der Waals surface area (Å²) in [6.07, 6.45) is 2.16. The van der Waals surface area contributed by atoms with Crippen molar-refractivity contribution in [2.24, 2.45) is 0 Å². The molecule has 0 spiro atoms. The normalized spacial score (nSPS) is 12.5. The third-order valence-corrected chi connectivity index (χ3v) is 11.3. The zero-order valence-electron chi connectivity index (χ0n) is 28.6. The second kappa shape index (κ2) is 11.4. The Morgan fingerprint density at radius 3 is 1.48 bits per heavy atom. The molecule has 0 atom stereocenters. The Balaban J connectivity index is 1.02. The van der Waals surface area contributed by atoms with Crippen molar-refractivity contribution >= 4 is 43.6 Å². The Labute approximate surface area is 302 Å². The summed E-state index contributed by atoms with van der Waals surface area (Å²) in [5, 5.41) is 5.06. The van der Waals surface area contributed by atoms with Gasteiger partial charge < -0.3 is 9.13 Å². The first-order valence-corrected chi connectivity index (χ1v) is 18.2. The fourth-order valence-corrected chi connectivity index (χ4v) is 8.87. The molecule has 0 N–H and O–H groups in total. The summed E-state index contributed by atoms with van der Waals surface area (Å²) in [5.41, 5.74) is 18.0. The molecule has 1 aliphatic carbocycles. The molecule has 8 aromatic carbocycles. The number of aryl methyl sites for hydroxylation is 1. The van der Waals surface area contributed by atoms with Gasteiger partial charge in [-0.25, -0.2) is 0 Å². The minimum atomic E-state index is 1.07. The molecule has 0 saturated carbocycles. The average Bonchev–Trinajstić information content (AvgIpc) is 3.73. The van der Waals surface area contributed by atoms with Crippen LogP contribution in [0.15, 0.2) is 182 Å². The van der Waals surface area contributed by atoms with Crippen molar-refractivity contribution in [3.63, 3.8) is 0 Å². The van der Waals surface area contributed by atoms with Gasteiger partial charge in [-0.3, -0.25) is 0 Å². The van der Waals surface area contributed by atoms with E-state index in [1.165, 1.54) is 99.5 Å². The molecule has 0 fully saturated rings. The second-order valence-corrected chi connectivity index (χ2v) is 14.0. The van der Waals surface area contributed by atoms with E-state index in [0.717, 1.165) is 12.8 Å². The number of aromatic nitrogens is 2. The lowest BCUT2D eigenvalue weighted by Gasteiger charge is -2.22. The van der Waals surface area contributed by atoms with Gasteiger partial charge in [-0.2, -0.15) is 0 Å². The predicted octanol–water partition coefficient (Wildman–Crippen LogP) is 13.0. The quantitative estimate of drug-likeness (QED) is 0.177. The molecular weight excluding hydrogens is 629 g/mol. The van der Waals surface area contributed by atoms with Crippen LogP contribution in [0.2, 0.25) is 0 Å². The molecule has 0 bridgehead atoms. The van der Waals surface area contributed by atoms with E-state index in [-0.39, 0.29) is 0 Å². The van der Waals surface area contributed by atoms with E-state index in [1.807, 2.05) is 0 Å². The summed E-state index contributed by atoms with van der Waals surface area (Å²) in [6.45, 7) is 0. The zero-order valence-corrected chi connectivity index (χ0v) is 28.6. The molecule has 0 unspecified atom stereocenters. The van der Waals surface area contributed by atoms with Gasteiger partial charge in [-0.05, 0) is 118 Å². The Bertz CT molecular complexity index is 3000. The van der Waals surface area contributed by atoms with Crippen LogP contribution in [0.5, 0.6) is 0 Å². The predicted molar refractivity (Wildman–Crippen MR) is 219 cm³/mol. The minimum absolute atomic E-state index is 1.07. The smallest absolute Gasteiger partial charge is 0.0541 e. The Morgan fingerprint density at radius 2 is 0.808 bits per heavy atom. The molecule has 0 aliphatic heterocycles. The van der Waals surface area contributed by atoms with E-state index in [1.54, 1.807) is 0 Å². The van der Waals surface area contributed by atoms with Gasteiger partial charge in [0.15, 0.2) is 0 Å². The van der Waals surface area contributed by atoms with E-state index in [9.17, 15) is 0 Å². The molecule has 0 saturated heterocycles. The van der Waals surface area contributed by atoms with Gasteiger partial charge in [-0.1, -0.05) is 121 Å². The third kappa shape index (κ3) is 4.37. The van der Waals surface area contributed by atoms with Crippen molar-refractivity contribution in [3.8, 4) is 44.8 Å². The molecule has 0 radical (unpaired) electrons. The van der Waals surface area contributed by atoms with E-state index in [0.29, 0.717) is 0 Å². The highest BCUT2D eigenvalue weighted by Crippen LogP contribution is 2.41. The topological polar surface area (TPSA) is 9.86 Å². The van der Waals surface area contributed by atoms with Crippen LogP contribution in [0.25, 0.3) is 88.4 Å². The van der Waals surface area contributed by atoms with Crippen molar-refractivity contribution in [1.29, 1.82) is 0 Å². The molecule has 0 amide bonds. The van der Waals surface area contributed by atoms with Crippen LogP contribution < -0.4 is 0 Å². The number of rotatable bonds is 4. The van der Waals surface area contributed by atoms with Crippen molar-refractivity contribution in [2.45, 2.75) is 12.8 Å². The van der Waals surface area contributed by atoms with Gasteiger partial charge >= 0.3 is 0 Å². The molecule has 52 heavy (non-hydrogen) atoms.